The van der Waals surface area contributed by atoms with Gasteiger partial charge >= 0.3 is 11.9 Å². The van der Waals surface area contributed by atoms with Gasteiger partial charge in [-0.3, -0.25) is 24.0 Å². The van der Waals surface area contributed by atoms with Gasteiger partial charge in [0, 0.05) is 18.2 Å². The molecule has 0 bridgehead atoms. The third kappa shape index (κ3) is 6.82. The average molecular weight is 563 g/mol. The second kappa shape index (κ2) is 12.7. The number of benzene rings is 2. The first-order valence-corrected chi connectivity index (χ1v) is 12.6. The molecule has 4 amide bonds. The highest BCUT2D eigenvalue weighted by atomic mass is 16.5. The first-order chi connectivity index (χ1) is 19.7. The van der Waals surface area contributed by atoms with Crippen molar-refractivity contribution in [3.63, 3.8) is 0 Å². The third-order valence-corrected chi connectivity index (χ3v) is 6.39. The maximum atomic E-state index is 13.5. The van der Waals surface area contributed by atoms with E-state index in [1.165, 1.54) is 36.5 Å². The van der Waals surface area contributed by atoms with Crippen LogP contribution in [0.5, 0.6) is 5.75 Å². The van der Waals surface area contributed by atoms with Crippen molar-refractivity contribution in [2.24, 2.45) is 0 Å². The standard InChI is InChI=1S/C28H26N4O9/c33-16-19(15-24(35)36)29-26(38)22-7-4-14-31-23(34)13-12-21(27(39)32(22)31)30-25(37)17-8-10-20(11-9-17)41-28(40)18-5-2-1-3-6-18/h1-6,8-11,14,16,19,21-22H,7,12-13,15H2,(H,29,38)(H,30,37)(H,35,36)/t19-,21-,22-/m0/s1. The number of fused-ring (bicyclic) bond motifs is 1. The number of carbonyl (C=O) groups is 7. The van der Waals surface area contributed by atoms with E-state index in [1.54, 1.807) is 30.3 Å². The van der Waals surface area contributed by atoms with E-state index in [4.69, 9.17) is 9.84 Å². The molecule has 0 spiro atoms. The topological polar surface area (TPSA) is 179 Å². The predicted octanol–water partition coefficient (Wildman–Crippen LogP) is 0.815. The quantitative estimate of drug-likeness (QED) is 0.227. The van der Waals surface area contributed by atoms with E-state index >= 15 is 0 Å². The lowest BCUT2D eigenvalue weighted by Gasteiger charge is -2.39. The minimum atomic E-state index is -1.33. The summed E-state index contributed by atoms with van der Waals surface area (Å²) in [6, 6.07) is 10.3. The van der Waals surface area contributed by atoms with Gasteiger partial charge < -0.3 is 25.3 Å². The lowest BCUT2D eigenvalue weighted by molar-refractivity contribution is -0.166. The molecule has 1 fully saturated rings. The van der Waals surface area contributed by atoms with Crippen molar-refractivity contribution in [1.29, 1.82) is 0 Å². The smallest absolute Gasteiger partial charge is 0.343 e. The Bertz CT molecular complexity index is 1390. The number of rotatable bonds is 9. The number of carboxylic acids is 1. The van der Waals surface area contributed by atoms with Crippen LogP contribution in [-0.4, -0.2) is 75.1 Å². The number of hydrazine groups is 1. The van der Waals surface area contributed by atoms with Crippen molar-refractivity contribution in [2.45, 2.75) is 43.8 Å². The van der Waals surface area contributed by atoms with Crippen molar-refractivity contribution in [3.8, 4) is 5.75 Å². The van der Waals surface area contributed by atoms with Gasteiger partial charge in [0.2, 0.25) is 11.8 Å². The summed E-state index contributed by atoms with van der Waals surface area (Å²) in [5, 5.41) is 15.8. The summed E-state index contributed by atoms with van der Waals surface area (Å²) in [5.41, 5.74) is 0.507. The molecule has 3 N–H and O–H groups in total. The Hall–Kier alpha value is -5.33. The molecule has 212 valence electrons. The van der Waals surface area contributed by atoms with E-state index in [9.17, 15) is 33.6 Å². The molecule has 2 aromatic rings. The number of hydrogen-bond donors (Lipinski definition) is 3. The largest absolute Gasteiger partial charge is 0.481 e. The highest BCUT2D eigenvalue weighted by molar-refractivity contribution is 6.00. The van der Waals surface area contributed by atoms with Gasteiger partial charge in [-0.15, -0.1) is 0 Å². The van der Waals surface area contributed by atoms with Crippen LogP contribution >= 0.6 is 0 Å². The molecule has 2 aliphatic rings. The van der Waals surface area contributed by atoms with Crippen LogP contribution in [0.4, 0.5) is 0 Å². The number of nitrogens with zero attached hydrogens (tertiary/aromatic N) is 2. The zero-order valence-electron chi connectivity index (χ0n) is 21.6. The lowest BCUT2D eigenvalue weighted by atomic mass is 10.1. The number of aldehydes is 1. The van der Waals surface area contributed by atoms with Crippen molar-refractivity contribution < 1.29 is 43.4 Å². The Labute approximate surface area is 233 Å². The van der Waals surface area contributed by atoms with E-state index < -0.39 is 60.1 Å². The fourth-order valence-electron chi connectivity index (χ4n) is 4.35. The van der Waals surface area contributed by atoms with Gasteiger partial charge in [0.1, 0.15) is 24.1 Å². The summed E-state index contributed by atoms with van der Waals surface area (Å²) in [6.45, 7) is 0. The van der Waals surface area contributed by atoms with Crippen LogP contribution in [0.3, 0.4) is 0 Å². The van der Waals surface area contributed by atoms with Gasteiger partial charge in [-0.1, -0.05) is 24.3 Å². The Balaban J connectivity index is 1.46. The van der Waals surface area contributed by atoms with Crippen molar-refractivity contribution in [1.82, 2.24) is 20.7 Å². The molecule has 0 radical (unpaired) electrons. The zero-order valence-corrected chi connectivity index (χ0v) is 21.6. The minimum absolute atomic E-state index is 0.0101. The van der Waals surface area contributed by atoms with Crippen LogP contribution in [0, 0.1) is 0 Å². The highest BCUT2D eigenvalue weighted by Crippen LogP contribution is 2.24. The SMILES string of the molecule is O=C[C@H](CC(=O)O)NC(=O)[C@@H]1CC=CN2C(=O)CC[C@H](NC(=O)c3ccc(OC(=O)c4ccccc4)cc3)C(=O)N12. The Kier molecular flexibility index (Phi) is 8.87. The van der Waals surface area contributed by atoms with Gasteiger partial charge in [0.15, 0.2) is 0 Å². The lowest BCUT2D eigenvalue weighted by Crippen LogP contribution is -2.62. The van der Waals surface area contributed by atoms with Crippen molar-refractivity contribution >= 4 is 41.9 Å². The number of hydrogen-bond acceptors (Lipinski definition) is 8. The summed E-state index contributed by atoms with van der Waals surface area (Å²) in [5.74, 6) is -4.37. The molecule has 0 aromatic heterocycles. The molecular weight excluding hydrogens is 536 g/mol. The molecular formula is C28H26N4O9. The summed E-state index contributed by atoms with van der Waals surface area (Å²) in [4.78, 5) is 86.8. The molecule has 2 aliphatic heterocycles. The molecule has 2 aromatic carbocycles. The fraction of sp³-hybridized carbons (Fsp3) is 0.250. The fourth-order valence-corrected chi connectivity index (χ4v) is 4.35. The molecule has 3 atom stereocenters. The van der Waals surface area contributed by atoms with Crippen molar-refractivity contribution in [3.05, 3.63) is 78.0 Å². The predicted molar refractivity (Wildman–Crippen MR) is 140 cm³/mol. The van der Waals surface area contributed by atoms with Crippen LogP contribution in [0.25, 0.3) is 0 Å². The van der Waals surface area contributed by atoms with Crippen LogP contribution in [0.2, 0.25) is 0 Å². The van der Waals surface area contributed by atoms with E-state index in [0.29, 0.717) is 5.56 Å². The Morgan fingerprint density at radius 2 is 1.73 bits per heavy atom. The van der Waals surface area contributed by atoms with E-state index in [0.717, 1.165) is 10.0 Å². The number of amides is 4. The van der Waals surface area contributed by atoms with E-state index in [-0.39, 0.29) is 36.9 Å². The van der Waals surface area contributed by atoms with Gasteiger partial charge in [0.25, 0.3) is 11.8 Å². The second-order valence-electron chi connectivity index (χ2n) is 9.25. The van der Waals surface area contributed by atoms with E-state index in [2.05, 4.69) is 10.6 Å². The first-order valence-electron chi connectivity index (χ1n) is 12.6. The zero-order chi connectivity index (χ0) is 29.5. The van der Waals surface area contributed by atoms with E-state index in [1.807, 2.05) is 0 Å². The number of esters is 1. The molecule has 4 rings (SSSR count). The van der Waals surface area contributed by atoms with Gasteiger partial charge in [0.05, 0.1) is 18.0 Å². The third-order valence-electron chi connectivity index (χ3n) is 6.39. The average Bonchev–Trinajstić information content (AvgIpc) is 3.09. The Morgan fingerprint density at radius 1 is 1.02 bits per heavy atom. The molecule has 0 unspecified atom stereocenters. The van der Waals surface area contributed by atoms with Crippen LogP contribution in [0.1, 0.15) is 46.4 Å². The number of nitrogens with one attached hydrogen (secondary N) is 2. The number of aliphatic carboxylic acids is 1. The molecule has 0 saturated carbocycles. The van der Waals surface area contributed by atoms with Crippen LogP contribution in [-0.2, 0) is 24.0 Å². The van der Waals surface area contributed by atoms with Crippen LogP contribution in [0.15, 0.2) is 66.9 Å². The molecule has 13 heteroatoms. The molecule has 0 aliphatic carbocycles. The van der Waals surface area contributed by atoms with Gasteiger partial charge in [-0.25, -0.2) is 14.8 Å². The summed E-state index contributed by atoms with van der Waals surface area (Å²) in [7, 11) is 0. The normalized spacial score (nSPS) is 18.9. The number of ether oxygens (including phenoxy) is 1. The maximum absolute atomic E-state index is 13.5. The Morgan fingerprint density at radius 3 is 2.39 bits per heavy atom. The summed E-state index contributed by atoms with van der Waals surface area (Å²) in [6.07, 6.45) is 2.30. The van der Waals surface area contributed by atoms with Crippen LogP contribution < -0.4 is 15.4 Å². The first kappa shape index (κ1) is 28.7. The number of carbonyl (C=O) groups excluding carboxylic acids is 6. The molecule has 1 saturated heterocycles. The maximum Gasteiger partial charge on any atom is 0.343 e. The monoisotopic (exact) mass is 562 g/mol. The molecule has 13 nitrogen and oxygen atoms in total. The second-order valence-corrected chi connectivity index (χ2v) is 9.25. The van der Waals surface area contributed by atoms with Gasteiger partial charge in [-0.05, 0) is 49.2 Å². The number of carboxylic acid groups (broad SMARTS) is 1. The van der Waals surface area contributed by atoms with Gasteiger partial charge in [-0.2, -0.15) is 0 Å². The van der Waals surface area contributed by atoms with Crippen molar-refractivity contribution in [2.75, 3.05) is 0 Å². The summed E-state index contributed by atoms with van der Waals surface area (Å²) < 4.78 is 5.31. The minimum Gasteiger partial charge on any atom is -0.481 e. The summed E-state index contributed by atoms with van der Waals surface area (Å²) >= 11 is 0. The highest BCUT2D eigenvalue weighted by Gasteiger charge is 2.43. The molecule has 41 heavy (non-hydrogen) atoms. The molecule has 2 heterocycles.